The molecule has 1 aromatic rings. The van der Waals surface area contributed by atoms with E-state index < -0.39 is 0 Å². The molecule has 0 saturated heterocycles. The van der Waals surface area contributed by atoms with Crippen molar-refractivity contribution in [2.24, 2.45) is 0 Å². The van der Waals surface area contributed by atoms with Gasteiger partial charge in [-0.2, -0.15) is 0 Å². The molecule has 0 atom stereocenters. The molecule has 0 bridgehead atoms. The highest BCUT2D eigenvalue weighted by atomic mass is 32.1. The highest BCUT2D eigenvalue weighted by Crippen LogP contribution is 2.14. The van der Waals surface area contributed by atoms with Crippen molar-refractivity contribution in [3.8, 4) is 11.8 Å². The predicted molar refractivity (Wildman–Crippen MR) is 49.0 cm³/mol. The number of aromatic nitrogens is 1. The van der Waals surface area contributed by atoms with Gasteiger partial charge in [-0.3, -0.25) is 9.69 Å². The number of thiazole rings is 1. The Balaban J connectivity index is 2.76. The van der Waals surface area contributed by atoms with Crippen molar-refractivity contribution in [1.29, 1.82) is 0 Å². The number of carbonyl (C=O) groups is 1. The van der Waals surface area contributed by atoms with Crippen LogP contribution in [-0.4, -0.2) is 17.9 Å². The molecule has 4 heteroatoms. The lowest BCUT2D eigenvalue weighted by atomic mass is 10.5. The Morgan fingerprint density at radius 2 is 2.50 bits per heavy atom. The molecule has 1 heterocycles. The first kappa shape index (κ1) is 8.75. The maximum atomic E-state index is 11.2. The van der Waals surface area contributed by atoms with Crippen LogP contribution in [0.25, 0.3) is 0 Å². The SMILES string of the molecule is CC#CC(=O)N(C)c1nccs1. The molecule has 0 fully saturated rings. The third kappa shape index (κ3) is 1.83. The van der Waals surface area contributed by atoms with Crippen molar-refractivity contribution in [2.45, 2.75) is 6.92 Å². The van der Waals surface area contributed by atoms with E-state index in [1.807, 2.05) is 5.38 Å². The minimum absolute atomic E-state index is 0.229. The summed E-state index contributed by atoms with van der Waals surface area (Å²) in [5.74, 6) is 4.75. The molecule has 0 N–H and O–H groups in total. The maximum absolute atomic E-state index is 11.2. The summed E-state index contributed by atoms with van der Waals surface area (Å²) in [6, 6.07) is 0. The fourth-order valence-corrected chi connectivity index (χ4v) is 1.27. The molecule has 0 unspecified atom stereocenters. The summed E-state index contributed by atoms with van der Waals surface area (Å²) >= 11 is 1.41. The monoisotopic (exact) mass is 180 g/mol. The standard InChI is InChI=1S/C8H8N2OS/c1-3-4-7(11)10(2)8-9-5-6-12-8/h5-6H,1-2H3. The van der Waals surface area contributed by atoms with Crippen molar-refractivity contribution < 1.29 is 4.79 Å². The number of rotatable bonds is 1. The second-order valence-electron chi connectivity index (χ2n) is 2.05. The molecule has 0 radical (unpaired) electrons. The Morgan fingerprint density at radius 1 is 1.75 bits per heavy atom. The zero-order valence-corrected chi connectivity index (χ0v) is 7.68. The first-order valence-electron chi connectivity index (χ1n) is 3.35. The molecular formula is C8H8N2OS. The predicted octanol–water partition coefficient (Wildman–Crippen LogP) is 1.13. The average Bonchev–Trinajstić information content (AvgIpc) is 2.55. The summed E-state index contributed by atoms with van der Waals surface area (Å²) in [5, 5.41) is 2.49. The van der Waals surface area contributed by atoms with Gasteiger partial charge in [0.2, 0.25) is 0 Å². The molecule has 0 aliphatic carbocycles. The Morgan fingerprint density at radius 3 is 3.00 bits per heavy atom. The van der Waals surface area contributed by atoms with E-state index in [-0.39, 0.29) is 5.91 Å². The Labute approximate surface area is 75.0 Å². The largest absolute Gasteiger partial charge is 0.304 e. The first-order chi connectivity index (χ1) is 5.75. The van der Waals surface area contributed by atoms with Crippen LogP contribution in [0.2, 0.25) is 0 Å². The normalized spacial score (nSPS) is 8.50. The van der Waals surface area contributed by atoms with Gasteiger partial charge in [-0.15, -0.1) is 11.3 Å². The van der Waals surface area contributed by atoms with Crippen molar-refractivity contribution in [2.75, 3.05) is 11.9 Å². The summed E-state index contributed by atoms with van der Waals surface area (Å²) in [4.78, 5) is 16.6. The fourth-order valence-electron chi connectivity index (χ4n) is 0.659. The second kappa shape index (κ2) is 3.88. The minimum atomic E-state index is -0.229. The number of hydrogen-bond acceptors (Lipinski definition) is 3. The van der Waals surface area contributed by atoms with Crippen LogP contribution in [0.1, 0.15) is 6.92 Å². The van der Waals surface area contributed by atoms with Gasteiger partial charge in [0.25, 0.3) is 0 Å². The van der Waals surface area contributed by atoms with E-state index in [0.29, 0.717) is 5.13 Å². The van der Waals surface area contributed by atoms with Gasteiger partial charge in [0.1, 0.15) is 0 Å². The minimum Gasteiger partial charge on any atom is -0.280 e. The van der Waals surface area contributed by atoms with Crippen molar-refractivity contribution >= 4 is 22.4 Å². The highest BCUT2D eigenvalue weighted by Gasteiger charge is 2.08. The van der Waals surface area contributed by atoms with E-state index in [2.05, 4.69) is 16.8 Å². The molecule has 62 valence electrons. The van der Waals surface area contributed by atoms with E-state index >= 15 is 0 Å². The zero-order valence-electron chi connectivity index (χ0n) is 6.87. The van der Waals surface area contributed by atoms with E-state index in [4.69, 9.17) is 0 Å². The van der Waals surface area contributed by atoms with Gasteiger partial charge in [0, 0.05) is 18.6 Å². The van der Waals surface area contributed by atoms with Crippen molar-refractivity contribution in [3.63, 3.8) is 0 Å². The summed E-state index contributed by atoms with van der Waals surface area (Å²) in [6.45, 7) is 1.63. The van der Waals surface area contributed by atoms with Crippen LogP contribution in [0.4, 0.5) is 5.13 Å². The topological polar surface area (TPSA) is 33.2 Å². The van der Waals surface area contributed by atoms with Gasteiger partial charge in [-0.25, -0.2) is 4.98 Å². The molecule has 0 aliphatic rings. The highest BCUT2D eigenvalue weighted by molar-refractivity contribution is 7.13. The lowest BCUT2D eigenvalue weighted by Crippen LogP contribution is -2.24. The number of nitrogens with zero attached hydrogens (tertiary/aromatic N) is 2. The van der Waals surface area contributed by atoms with Gasteiger partial charge in [0.15, 0.2) is 5.13 Å². The molecular weight excluding hydrogens is 172 g/mol. The molecule has 1 aromatic heterocycles. The van der Waals surface area contributed by atoms with Crippen LogP contribution < -0.4 is 4.90 Å². The Bertz CT molecular complexity index is 321. The molecule has 1 amide bonds. The second-order valence-corrected chi connectivity index (χ2v) is 2.93. The van der Waals surface area contributed by atoms with Crippen LogP contribution in [0.15, 0.2) is 11.6 Å². The Kier molecular flexibility index (Phi) is 2.83. The van der Waals surface area contributed by atoms with Crippen LogP contribution in [0, 0.1) is 11.8 Å². The number of hydrogen-bond donors (Lipinski definition) is 0. The average molecular weight is 180 g/mol. The van der Waals surface area contributed by atoms with Crippen molar-refractivity contribution in [3.05, 3.63) is 11.6 Å². The van der Waals surface area contributed by atoms with Crippen LogP contribution >= 0.6 is 11.3 Å². The third-order valence-corrected chi connectivity index (χ3v) is 2.09. The molecule has 1 rings (SSSR count). The molecule has 0 aromatic carbocycles. The molecule has 0 spiro atoms. The lowest BCUT2D eigenvalue weighted by molar-refractivity contribution is -0.113. The quantitative estimate of drug-likeness (QED) is 0.607. The summed E-state index contributed by atoms with van der Waals surface area (Å²) in [7, 11) is 1.66. The van der Waals surface area contributed by atoms with Gasteiger partial charge in [-0.05, 0) is 12.8 Å². The van der Waals surface area contributed by atoms with E-state index in [1.54, 1.807) is 20.2 Å². The number of carbonyl (C=O) groups excluding carboxylic acids is 1. The van der Waals surface area contributed by atoms with E-state index in [0.717, 1.165) is 0 Å². The van der Waals surface area contributed by atoms with Crippen LogP contribution in [0.5, 0.6) is 0 Å². The van der Waals surface area contributed by atoms with Gasteiger partial charge in [0.05, 0.1) is 0 Å². The summed E-state index contributed by atoms with van der Waals surface area (Å²) in [6.07, 6.45) is 1.66. The smallest absolute Gasteiger partial charge is 0.280 e. The third-order valence-electron chi connectivity index (χ3n) is 1.24. The maximum Gasteiger partial charge on any atom is 0.304 e. The zero-order chi connectivity index (χ0) is 8.97. The molecule has 12 heavy (non-hydrogen) atoms. The van der Waals surface area contributed by atoms with Gasteiger partial charge in [-0.1, -0.05) is 5.92 Å². The number of anilines is 1. The first-order valence-corrected chi connectivity index (χ1v) is 4.23. The van der Waals surface area contributed by atoms with Crippen LogP contribution in [-0.2, 0) is 4.79 Å². The summed E-state index contributed by atoms with van der Waals surface area (Å²) < 4.78 is 0. The van der Waals surface area contributed by atoms with E-state index in [1.165, 1.54) is 16.2 Å². The molecule has 0 saturated carbocycles. The summed E-state index contributed by atoms with van der Waals surface area (Å²) in [5.41, 5.74) is 0. The number of amides is 1. The van der Waals surface area contributed by atoms with Gasteiger partial charge < -0.3 is 0 Å². The fraction of sp³-hybridized carbons (Fsp3) is 0.250. The van der Waals surface area contributed by atoms with Crippen molar-refractivity contribution in [1.82, 2.24) is 4.98 Å². The lowest BCUT2D eigenvalue weighted by Gasteiger charge is -2.07. The van der Waals surface area contributed by atoms with E-state index in [9.17, 15) is 4.79 Å². The Hall–Kier alpha value is -1.34. The molecule has 3 nitrogen and oxygen atoms in total. The van der Waals surface area contributed by atoms with Crippen LogP contribution in [0.3, 0.4) is 0 Å². The van der Waals surface area contributed by atoms with Gasteiger partial charge >= 0.3 is 5.91 Å². The molecule has 0 aliphatic heterocycles.